The van der Waals surface area contributed by atoms with Gasteiger partial charge in [-0.3, -0.25) is 4.79 Å². The Morgan fingerprint density at radius 2 is 1.72 bits per heavy atom. The first-order valence-corrected chi connectivity index (χ1v) is 9.69. The first kappa shape index (κ1) is 19.1. The number of rotatable bonds is 7. The molecule has 7 heteroatoms. The smallest absolute Gasteiger partial charge is 0.251 e. The molecule has 0 bridgehead atoms. The van der Waals surface area contributed by atoms with Crippen LogP contribution in [0.2, 0.25) is 0 Å². The van der Waals surface area contributed by atoms with Gasteiger partial charge in [-0.05, 0) is 36.8 Å². The van der Waals surface area contributed by atoms with Crippen molar-refractivity contribution in [1.29, 1.82) is 0 Å². The Morgan fingerprint density at radius 3 is 2.28 bits per heavy atom. The van der Waals surface area contributed by atoms with Crippen LogP contribution in [0.1, 0.15) is 28.9 Å². The Balaban J connectivity index is 2.01. The summed E-state index contributed by atoms with van der Waals surface area (Å²) in [6, 6.07) is 14.1. The van der Waals surface area contributed by atoms with Crippen LogP contribution < -0.4 is 5.32 Å². The predicted octanol–water partition coefficient (Wildman–Crippen LogP) is 2.58. The Morgan fingerprint density at radius 1 is 1.12 bits per heavy atom. The molecule has 2 rings (SSSR count). The minimum absolute atomic E-state index is 0.141. The van der Waals surface area contributed by atoms with Gasteiger partial charge in [-0.25, -0.2) is 12.8 Å². The Kier molecular flexibility index (Phi) is 6.27. The molecule has 0 radical (unpaired) electrons. The van der Waals surface area contributed by atoms with Gasteiger partial charge in [-0.15, -0.1) is 0 Å². The number of halogens is 1. The van der Waals surface area contributed by atoms with Crippen molar-refractivity contribution in [3.8, 4) is 0 Å². The van der Waals surface area contributed by atoms with E-state index in [1.807, 2.05) is 30.3 Å². The van der Waals surface area contributed by atoms with Gasteiger partial charge in [0, 0.05) is 24.7 Å². The molecule has 0 saturated heterocycles. The van der Waals surface area contributed by atoms with Crippen molar-refractivity contribution in [1.82, 2.24) is 9.62 Å². The third-order valence-electron chi connectivity index (χ3n) is 3.86. The van der Waals surface area contributed by atoms with Gasteiger partial charge < -0.3 is 5.32 Å². The molecule has 1 amide bonds. The summed E-state index contributed by atoms with van der Waals surface area (Å²) < 4.78 is 38.4. The molecule has 0 fully saturated rings. The summed E-state index contributed by atoms with van der Waals surface area (Å²) in [5.74, 6) is -0.794. The molecule has 1 N–H and O–H groups in total. The monoisotopic (exact) mass is 364 g/mol. The van der Waals surface area contributed by atoms with Crippen molar-refractivity contribution in [3.63, 3.8) is 0 Å². The van der Waals surface area contributed by atoms with Crippen LogP contribution in [0.4, 0.5) is 4.39 Å². The SMILES string of the molecule is CC(c1ccccc1)N(CCNC(=O)c1ccc(F)cc1)S(C)(=O)=O. The van der Waals surface area contributed by atoms with E-state index in [1.165, 1.54) is 28.6 Å². The summed E-state index contributed by atoms with van der Waals surface area (Å²) in [5, 5.41) is 2.66. The van der Waals surface area contributed by atoms with Gasteiger partial charge in [-0.2, -0.15) is 4.31 Å². The van der Waals surface area contributed by atoms with E-state index < -0.39 is 15.8 Å². The number of carbonyl (C=O) groups excluding carboxylic acids is 1. The van der Waals surface area contributed by atoms with Crippen LogP contribution in [0.3, 0.4) is 0 Å². The second-order valence-electron chi connectivity index (χ2n) is 5.72. The summed E-state index contributed by atoms with van der Waals surface area (Å²) >= 11 is 0. The Hall–Kier alpha value is -2.25. The first-order chi connectivity index (χ1) is 11.8. The minimum atomic E-state index is -3.45. The van der Waals surface area contributed by atoms with Gasteiger partial charge in [0.2, 0.25) is 10.0 Å². The lowest BCUT2D eigenvalue weighted by atomic mass is 10.1. The van der Waals surface area contributed by atoms with Gasteiger partial charge in [0.15, 0.2) is 0 Å². The van der Waals surface area contributed by atoms with Crippen molar-refractivity contribution < 1.29 is 17.6 Å². The highest BCUT2D eigenvalue weighted by molar-refractivity contribution is 7.88. The maximum atomic E-state index is 12.9. The topological polar surface area (TPSA) is 66.5 Å². The second-order valence-corrected chi connectivity index (χ2v) is 7.66. The molecule has 134 valence electrons. The van der Waals surface area contributed by atoms with E-state index in [2.05, 4.69) is 5.32 Å². The van der Waals surface area contributed by atoms with Crippen LogP contribution in [0.25, 0.3) is 0 Å². The van der Waals surface area contributed by atoms with E-state index in [4.69, 9.17) is 0 Å². The number of nitrogens with one attached hydrogen (secondary N) is 1. The van der Waals surface area contributed by atoms with Crippen LogP contribution in [0.15, 0.2) is 54.6 Å². The van der Waals surface area contributed by atoms with Crippen LogP contribution in [0.5, 0.6) is 0 Å². The number of amides is 1. The van der Waals surface area contributed by atoms with Gasteiger partial charge in [0.25, 0.3) is 5.91 Å². The molecule has 2 aromatic rings. The van der Waals surface area contributed by atoms with E-state index >= 15 is 0 Å². The molecule has 0 aliphatic rings. The number of carbonyl (C=O) groups is 1. The standard InChI is InChI=1S/C18H21FN2O3S/c1-14(15-6-4-3-5-7-15)21(25(2,23)24)13-12-20-18(22)16-8-10-17(19)11-9-16/h3-11,14H,12-13H2,1-2H3,(H,20,22). The van der Waals surface area contributed by atoms with Crippen molar-refractivity contribution in [2.45, 2.75) is 13.0 Å². The van der Waals surface area contributed by atoms with Crippen molar-refractivity contribution >= 4 is 15.9 Å². The average molecular weight is 364 g/mol. The lowest BCUT2D eigenvalue weighted by molar-refractivity contribution is 0.0950. The van der Waals surface area contributed by atoms with E-state index in [0.717, 1.165) is 11.8 Å². The fraction of sp³-hybridized carbons (Fsp3) is 0.278. The van der Waals surface area contributed by atoms with Gasteiger partial charge in [-0.1, -0.05) is 30.3 Å². The van der Waals surface area contributed by atoms with E-state index in [1.54, 1.807) is 6.92 Å². The summed E-state index contributed by atoms with van der Waals surface area (Å²) in [6.07, 6.45) is 1.15. The second kappa shape index (κ2) is 8.22. The highest BCUT2D eigenvalue weighted by Crippen LogP contribution is 2.21. The lowest BCUT2D eigenvalue weighted by Gasteiger charge is -2.27. The zero-order valence-corrected chi connectivity index (χ0v) is 15.0. The summed E-state index contributed by atoms with van der Waals surface area (Å²) in [4.78, 5) is 12.0. The molecule has 0 aromatic heterocycles. The molecule has 0 spiro atoms. The zero-order valence-electron chi connectivity index (χ0n) is 14.1. The largest absolute Gasteiger partial charge is 0.351 e. The molecule has 0 heterocycles. The molecule has 5 nitrogen and oxygen atoms in total. The van der Waals surface area contributed by atoms with E-state index in [0.29, 0.717) is 5.56 Å². The fourth-order valence-electron chi connectivity index (χ4n) is 2.53. The van der Waals surface area contributed by atoms with Crippen molar-refractivity contribution in [2.75, 3.05) is 19.3 Å². The van der Waals surface area contributed by atoms with Gasteiger partial charge in [0.1, 0.15) is 5.82 Å². The highest BCUT2D eigenvalue weighted by atomic mass is 32.2. The van der Waals surface area contributed by atoms with Gasteiger partial charge >= 0.3 is 0 Å². The predicted molar refractivity (Wildman–Crippen MR) is 95.1 cm³/mol. The highest BCUT2D eigenvalue weighted by Gasteiger charge is 2.24. The molecule has 0 saturated carbocycles. The number of sulfonamides is 1. The normalized spacial score (nSPS) is 12.8. The summed E-state index contributed by atoms with van der Waals surface area (Å²) in [5.41, 5.74) is 1.20. The Bertz CT molecular complexity index is 808. The van der Waals surface area contributed by atoms with Crippen LogP contribution >= 0.6 is 0 Å². The van der Waals surface area contributed by atoms with Crippen LogP contribution in [-0.2, 0) is 10.0 Å². The molecule has 2 aromatic carbocycles. The molecular formula is C18H21FN2O3S. The van der Waals surface area contributed by atoms with E-state index in [-0.39, 0.29) is 25.0 Å². The van der Waals surface area contributed by atoms with Crippen LogP contribution in [-0.4, -0.2) is 38.0 Å². The number of nitrogens with zero attached hydrogens (tertiary/aromatic N) is 1. The number of hydrogen-bond donors (Lipinski definition) is 1. The Labute approximate surface area is 147 Å². The van der Waals surface area contributed by atoms with E-state index in [9.17, 15) is 17.6 Å². The number of hydrogen-bond acceptors (Lipinski definition) is 3. The van der Waals surface area contributed by atoms with Gasteiger partial charge in [0.05, 0.1) is 6.26 Å². The summed E-state index contributed by atoms with van der Waals surface area (Å²) in [6.45, 7) is 2.10. The lowest BCUT2D eigenvalue weighted by Crippen LogP contribution is -2.39. The molecule has 0 aliphatic carbocycles. The third-order valence-corrected chi connectivity index (χ3v) is 5.21. The van der Waals surface area contributed by atoms with Crippen molar-refractivity contribution in [3.05, 3.63) is 71.5 Å². The zero-order chi connectivity index (χ0) is 18.4. The fourth-order valence-corrected chi connectivity index (χ4v) is 3.65. The maximum absolute atomic E-state index is 12.9. The third kappa shape index (κ3) is 5.37. The molecule has 1 unspecified atom stereocenters. The maximum Gasteiger partial charge on any atom is 0.251 e. The average Bonchev–Trinajstić information content (AvgIpc) is 2.58. The van der Waals surface area contributed by atoms with Crippen LogP contribution in [0, 0.1) is 5.82 Å². The molecule has 0 aliphatic heterocycles. The number of benzene rings is 2. The molecule has 25 heavy (non-hydrogen) atoms. The molecule has 1 atom stereocenters. The molecular weight excluding hydrogens is 343 g/mol. The minimum Gasteiger partial charge on any atom is -0.351 e. The summed E-state index contributed by atoms with van der Waals surface area (Å²) in [7, 11) is -3.45. The quantitative estimate of drug-likeness (QED) is 0.821. The van der Waals surface area contributed by atoms with Crippen molar-refractivity contribution in [2.24, 2.45) is 0 Å². The first-order valence-electron chi connectivity index (χ1n) is 7.84.